The minimum absolute atomic E-state index is 0.105. The number of unbranched alkanes of at least 4 members (excludes halogenated alkanes) is 1. The Morgan fingerprint density at radius 1 is 1.26 bits per heavy atom. The van der Waals surface area contributed by atoms with Crippen LogP contribution in [0.1, 0.15) is 51.0 Å². The van der Waals surface area contributed by atoms with Gasteiger partial charge in [-0.15, -0.1) is 0 Å². The van der Waals surface area contributed by atoms with Crippen LogP contribution in [-0.4, -0.2) is 77.7 Å². The van der Waals surface area contributed by atoms with Crippen LogP contribution >= 0.6 is 0 Å². The molecule has 9 nitrogen and oxygen atoms in total. The summed E-state index contributed by atoms with van der Waals surface area (Å²) < 4.78 is 20.0. The number of rotatable bonds is 8. The van der Waals surface area contributed by atoms with Crippen molar-refractivity contribution >= 4 is 17.8 Å². The second kappa shape index (κ2) is 10.3. The van der Waals surface area contributed by atoms with E-state index >= 15 is 0 Å². The number of nitrogens with zero attached hydrogens (tertiary/aromatic N) is 2. The maximum atomic E-state index is 14.2. The van der Waals surface area contributed by atoms with E-state index in [1.807, 2.05) is 6.92 Å². The predicted molar refractivity (Wildman–Crippen MR) is 122 cm³/mol. The van der Waals surface area contributed by atoms with Gasteiger partial charge in [-0.05, 0) is 50.4 Å². The molecule has 3 aliphatic rings. The van der Waals surface area contributed by atoms with Gasteiger partial charge in [0.1, 0.15) is 11.6 Å². The van der Waals surface area contributed by atoms with Crippen molar-refractivity contribution in [3.63, 3.8) is 0 Å². The van der Waals surface area contributed by atoms with Crippen LogP contribution in [0.25, 0.3) is 0 Å². The Kier molecular flexibility index (Phi) is 7.37. The van der Waals surface area contributed by atoms with Gasteiger partial charge in [0, 0.05) is 38.2 Å². The van der Waals surface area contributed by atoms with E-state index in [0.717, 1.165) is 43.7 Å². The number of hydrogen-bond acceptors (Lipinski definition) is 6. The molecule has 0 bridgehead atoms. The molecular formula is C24H33FN4O5. The molecule has 3 aliphatic heterocycles. The first-order chi connectivity index (χ1) is 16.3. The van der Waals surface area contributed by atoms with Crippen LogP contribution in [-0.2, 0) is 15.1 Å². The van der Waals surface area contributed by atoms with Gasteiger partial charge in [-0.3, -0.25) is 14.5 Å². The van der Waals surface area contributed by atoms with Crippen molar-refractivity contribution in [3.05, 3.63) is 29.6 Å². The van der Waals surface area contributed by atoms with Crippen LogP contribution in [0.4, 0.5) is 9.18 Å². The molecule has 0 saturated carbocycles. The fourth-order valence-electron chi connectivity index (χ4n) is 4.92. The molecule has 3 N–H and O–H groups in total. The van der Waals surface area contributed by atoms with Crippen LogP contribution < -0.4 is 15.4 Å². The highest BCUT2D eigenvalue weighted by atomic mass is 19.1. The van der Waals surface area contributed by atoms with E-state index in [4.69, 9.17) is 4.74 Å². The van der Waals surface area contributed by atoms with E-state index in [2.05, 4.69) is 15.5 Å². The summed E-state index contributed by atoms with van der Waals surface area (Å²) in [4.78, 5) is 42.6. The molecule has 0 radical (unpaired) electrons. The summed E-state index contributed by atoms with van der Waals surface area (Å²) in [5.41, 5.74) is -1.31. The summed E-state index contributed by atoms with van der Waals surface area (Å²) in [5, 5.41) is 15.2. The third kappa shape index (κ3) is 4.88. The molecule has 2 atom stereocenters. The second-order valence-corrected chi connectivity index (χ2v) is 9.31. The van der Waals surface area contributed by atoms with Gasteiger partial charge in [-0.25, -0.2) is 9.18 Å². The fourth-order valence-corrected chi connectivity index (χ4v) is 4.92. The Balaban J connectivity index is 1.50. The number of halogens is 1. The van der Waals surface area contributed by atoms with Gasteiger partial charge in [0.15, 0.2) is 11.6 Å². The Labute approximate surface area is 198 Å². The molecule has 2 fully saturated rings. The Hall–Kier alpha value is -2.72. The number of urea groups is 1. The Morgan fingerprint density at radius 2 is 2.03 bits per heavy atom. The molecule has 0 aliphatic carbocycles. The normalized spacial score (nSPS) is 25.3. The van der Waals surface area contributed by atoms with Crippen molar-refractivity contribution in [2.24, 2.45) is 0 Å². The van der Waals surface area contributed by atoms with Crippen LogP contribution in [0.15, 0.2) is 18.2 Å². The lowest BCUT2D eigenvalue weighted by atomic mass is 9.81. The molecule has 0 unspecified atom stereocenters. The third-order valence-electron chi connectivity index (χ3n) is 6.87. The quantitative estimate of drug-likeness (QED) is 0.387. The summed E-state index contributed by atoms with van der Waals surface area (Å²) >= 11 is 0. The summed E-state index contributed by atoms with van der Waals surface area (Å²) in [7, 11) is 0. The third-order valence-corrected chi connectivity index (χ3v) is 6.87. The van der Waals surface area contributed by atoms with Gasteiger partial charge in [0.2, 0.25) is 0 Å². The van der Waals surface area contributed by atoms with Crippen LogP contribution in [0.3, 0.4) is 0 Å². The molecule has 186 valence electrons. The molecule has 1 spiro atoms. The van der Waals surface area contributed by atoms with Gasteiger partial charge in [-0.2, -0.15) is 0 Å². The highest BCUT2D eigenvalue weighted by Crippen LogP contribution is 2.43. The average molecular weight is 477 g/mol. The molecular weight excluding hydrogens is 443 g/mol. The molecule has 34 heavy (non-hydrogen) atoms. The Bertz CT molecular complexity index is 936. The van der Waals surface area contributed by atoms with Gasteiger partial charge in [0.05, 0.1) is 6.10 Å². The number of nitrogens with one attached hydrogen (secondary N) is 2. The van der Waals surface area contributed by atoms with Crippen molar-refractivity contribution in [1.29, 1.82) is 0 Å². The molecule has 4 rings (SSSR count). The van der Waals surface area contributed by atoms with E-state index in [-0.39, 0.29) is 36.3 Å². The molecule has 1 aromatic rings. The zero-order valence-corrected chi connectivity index (χ0v) is 19.5. The van der Waals surface area contributed by atoms with Crippen LogP contribution in [0.5, 0.6) is 5.75 Å². The number of carbonyl (C=O) groups is 3. The van der Waals surface area contributed by atoms with Crippen molar-refractivity contribution < 1.29 is 28.6 Å². The van der Waals surface area contributed by atoms with E-state index in [1.165, 1.54) is 18.2 Å². The second-order valence-electron chi connectivity index (χ2n) is 9.31. The number of likely N-dealkylation sites (tertiary alicyclic amines) is 1. The van der Waals surface area contributed by atoms with Crippen molar-refractivity contribution in [3.8, 4) is 5.75 Å². The average Bonchev–Trinajstić information content (AvgIpc) is 3.05. The monoisotopic (exact) mass is 476 g/mol. The lowest BCUT2D eigenvalue weighted by molar-refractivity contribution is -0.136. The molecule has 1 aromatic carbocycles. The topological polar surface area (TPSA) is 111 Å². The number of fused-ring (bicyclic) bond motifs is 2. The van der Waals surface area contributed by atoms with Gasteiger partial charge in [-0.1, -0.05) is 13.3 Å². The highest BCUT2D eigenvalue weighted by molar-refractivity contribution is 6.08. The molecule has 2 saturated heterocycles. The first kappa shape index (κ1) is 24.4. The number of carbonyl (C=O) groups excluding carboxylic acids is 3. The van der Waals surface area contributed by atoms with Crippen LogP contribution in [0.2, 0.25) is 0 Å². The van der Waals surface area contributed by atoms with E-state index < -0.39 is 29.4 Å². The molecule has 0 aromatic heterocycles. The van der Waals surface area contributed by atoms with E-state index in [1.54, 1.807) is 0 Å². The smallest absolute Gasteiger partial charge is 0.325 e. The van der Waals surface area contributed by atoms with Crippen molar-refractivity contribution in [2.45, 2.75) is 63.2 Å². The number of aliphatic hydroxyl groups is 1. The minimum Gasteiger partial charge on any atom is -0.480 e. The van der Waals surface area contributed by atoms with Gasteiger partial charge < -0.3 is 25.4 Å². The zero-order valence-electron chi connectivity index (χ0n) is 19.5. The SMILES string of the molecule is CCCCNC(=O)[C@@H]1C[C@]2(NC(=O)N(CCCN3CCC(O)CC3)C2=O)c2cc(F)ccc2O1. The highest BCUT2D eigenvalue weighted by Gasteiger charge is 2.57. The van der Waals surface area contributed by atoms with Crippen molar-refractivity contribution in [2.75, 3.05) is 32.7 Å². The number of hydrogen-bond donors (Lipinski definition) is 3. The standard InChI is InChI=1S/C24H33FN4O5/c1-2-3-9-26-21(31)20-15-24(18-14-16(25)5-6-19(18)34-20)22(32)29(23(33)27-24)11-4-10-28-12-7-17(30)8-13-28/h5-6,14,17,20,30H,2-4,7-13,15H2,1H3,(H,26,31)(H,27,33)/t20-,24-/m0/s1. The number of benzene rings is 1. The first-order valence-electron chi connectivity index (χ1n) is 12.1. The lowest BCUT2D eigenvalue weighted by Crippen LogP contribution is -2.54. The number of aliphatic hydroxyl groups excluding tert-OH is 1. The van der Waals surface area contributed by atoms with E-state index in [9.17, 15) is 23.9 Å². The maximum Gasteiger partial charge on any atom is 0.325 e. The first-order valence-corrected chi connectivity index (χ1v) is 12.1. The summed E-state index contributed by atoms with van der Waals surface area (Å²) in [6.45, 7) is 4.98. The molecule has 3 heterocycles. The van der Waals surface area contributed by atoms with Gasteiger partial charge in [0.25, 0.3) is 11.8 Å². The minimum atomic E-state index is -1.55. The summed E-state index contributed by atoms with van der Waals surface area (Å²) in [6, 6.07) is 3.24. The zero-order chi connectivity index (χ0) is 24.3. The number of imide groups is 1. The fraction of sp³-hybridized carbons (Fsp3) is 0.625. The predicted octanol–water partition coefficient (Wildman–Crippen LogP) is 1.49. The van der Waals surface area contributed by atoms with Crippen molar-refractivity contribution in [1.82, 2.24) is 20.4 Å². The number of piperidine rings is 1. The molecule has 10 heteroatoms. The Morgan fingerprint density at radius 3 is 2.76 bits per heavy atom. The van der Waals surface area contributed by atoms with Crippen LogP contribution in [0, 0.1) is 5.82 Å². The summed E-state index contributed by atoms with van der Waals surface area (Å²) in [6.07, 6.45) is 2.39. The molecule has 4 amide bonds. The number of ether oxygens (including phenoxy) is 1. The van der Waals surface area contributed by atoms with E-state index in [0.29, 0.717) is 19.5 Å². The summed E-state index contributed by atoms with van der Waals surface area (Å²) in [5.74, 6) is -1.20. The maximum absolute atomic E-state index is 14.2. The number of amides is 4. The lowest BCUT2D eigenvalue weighted by Gasteiger charge is -2.37. The largest absolute Gasteiger partial charge is 0.480 e. The van der Waals surface area contributed by atoms with Gasteiger partial charge >= 0.3 is 6.03 Å².